The minimum absolute atomic E-state index is 0.0331. The average Bonchev–Trinajstić information content (AvgIpc) is 3.70. The van der Waals surface area contributed by atoms with Crippen LogP contribution in [0.5, 0.6) is 17.2 Å². The first-order valence-corrected chi connectivity index (χ1v) is 12.0. The fourth-order valence-electron chi connectivity index (χ4n) is 4.23. The Morgan fingerprint density at radius 1 is 0.973 bits per heavy atom. The minimum Gasteiger partial charge on any atom is -0.496 e. The van der Waals surface area contributed by atoms with Gasteiger partial charge in [0, 0.05) is 19.1 Å². The number of nitrogens with zero attached hydrogens (tertiary/aromatic N) is 2. The second-order valence-corrected chi connectivity index (χ2v) is 9.05. The zero-order chi connectivity index (χ0) is 25.9. The lowest BCUT2D eigenvalue weighted by atomic mass is 10.1. The average molecular weight is 504 g/mol. The molecule has 1 heterocycles. The van der Waals surface area contributed by atoms with Crippen LogP contribution in [0.4, 0.5) is 9.18 Å². The SMILES string of the molecule is COc1ccc(CN2CC(=O)N(C3CC3)C2=O)cc1C(=O)NCc1ccc(Oc2ccc(F)cc2)cc1. The summed E-state index contributed by atoms with van der Waals surface area (Å²) in [6.45, 7) is 0.551. The number of halogens is 1. The van der Waals surface area contributed by atoms with E-state index >= 15 is 0 Å². The number of nitrogens with one attached hydrogen (secondary N) is 1. The third-order valence-corrected chi connectivity index (χ3v) is 6.29. The van der Waals surface area contributed by atoms with Crippen LogP contribution in [0.1, 0.15) is 34.3 Å². The van der Waals surface area contributed by atoms with Crippen LogP contribution in [0.3, 0.4) is 0 Å². The first-order valence-electron chi connectivity index (χ1n) is 12.0. The normalized spacial score (nSPS) is 15.2. The molecule has 8 nitrogen and oxygen atoms in total. The molecular weight excluding hydrogens is 477 g/mol. The maximum absolute atomic E-state index is 13.1. The van der Waals surface area contributed by atoms with E-state index in [-0.39, 0.29) is 49.3 Å². The molecule has 1 N–H and O–H groups in total. The smallest absolute Gasteiger partial charge is 0.327 e. The van der Waals surface area contributed by atoms with Gasteiger partial charge >= 0.3 is 6.03 Å². The minimum atomic E-state index is -0.333. The monoisotopic (exact) mass is 503 g/mol. The number of urea groups is 1. The van der Waals surface area contributed by atoms with Gasteiger partial charge in [-0.15, -0.1) is 0 Å². The van der Waals surface area contributed by atoms with Crippen molar-refractivity contribution >= 4 is 17.8 Å². The van der Waals surface area contributed by atoms with Crippen molar-refractivity contribution in [2.75, 3.05) is 13.7 Å². The van der Waals surface area contributed by atoms with Crippen molar-refractivity contribution in [1.29, 1.82) is 0 Å². The van der Waals surface area contributed by atoms with Crippen LogP contribution in [-0.2, 0) is 17.9 Å². The number of imide groups is 1. The topological polar surface area (TPSA) is 88.2 Å². The Balaban J connectivity index is 1.21. The summed E-state index contributed by atoms with van der Waals surface area (Å²) in [6, 6.07) is 17.9. The Bertz CT molecular complexity index is 1320. The van der Waals surface area contributed by atoms with Crippen LogP contribution in [0.2, 0.25) is 0 Å². The molecule has 2 aliphatic rings. The predicted octanol–water partition coefficient (Wildman–Crippen LogP) is 4.48. The van der Waals surface area contributed by atoms with Crippen molar-refractivity contribution in [1.82, 2.24) is 15.1 Å². The second-order valence-electron chi connectivity index (χ2n) is 9.05. The van der Waals surface area contributed by atoms with Gasteiger partial charge < -0.3 is 19.7 Å². The molecule has 1 saturated carbocycles. The second kappa shape index (κ2) is 10.3. The van der Waals surface area contributed by atoms with E-state index in [1.165, 1.54) is 29.0 Å². The zero-order valence-corrected chi connectivity index (χ0v) is 20.3. The molecule has 1 saturated heterocycles. The van der Waals surface area contributed by atoms with Gasteiger partial charge in [-0.3, -0.25) is 14.5 Å². The molecule has 0 unspecified atom stereocenters. The molecular formula is C28H26FN3O5. The lowest BCUT2D eigenvalue weighted by Crippen LogP contribution is -2.34. The molecule has 37 heavy (non-hydrogen) atoms. The molecule has 0 aromatic heterocycles. The van der Waals surface area contributed by atoms with Crippen LogP contribution >= 0.6 is 0 Å². The summed E-state index contributed by atoms with van der Waals surface area (Å²) >= 11 is 0. The first kappa shape index (κ1) is 24.3. The van der Waals surface area contributed by atoms with Crippen molar-refractivity contribution in [3.05, 3.63) is 89.2 Å². The van der Waals surface area contributed by atoms with E-state index in [1.807, 2.05) is 12.1 Å². The van der Waals surface area contributed by atoms with E-state index in [9.17, 15) is 18.8 Å². The third kappa shape index (κ3) is 5.55. The molecule has 3 aromatic carbocycles. The zero-order valence-electron chi connectivity index (χ0n) is 20.3. The molecule has 0 radical (unpaired) electrons. The predicted molar refractivity (Wildman–Crippen MR) is 133 cm³/mol. The number of benzene rings is 3. The lowest BCUT2D eigenvalue weighted by molar-refractivity contribution is -0.125. The lowest BCUT2D eigenvalue weighted by Gasteiger charge is -2.18. The Labute approximate surface area is 213 Å². The van der Waals surface area contributed by atoms with E-state index in [2.05, 4.69) is 5.32 Å². The Hall–Kier alpha value is -4.40. The highest BCUT2D eigenvalue weighted by atomic mass is 19.1. The number of carbonyl (C=O) groups is 3. The molecule has 0 bridgehead atoms. The molecule has 4 amide bonds. The maximum Gasteiger partial charge on any atom is 0.327 e. The van der Waals surface area contributed by atoms with Gasteiger partial charge in [-0.1, -0.05) is 18.2 Å². The Kier molecular flexibility index (Phi) is 6.76. The number of amides is 4. The third-order valence-electron chi connectivity index (χ3n) is 6.29. The number of hydrogen-bond acceptors (Lipinski definition) is 5. The van der Waals surface area contributed by atoms with Crippen molar-refractivity contribution in [3.63, 3.8) is 0 Å². The Morgan fingerprint density at radius 2 is 1.62 bits per heavy atom. The summed E-state index contributed by atoms with van der Waals surface area (Å²) < 4.78 is 24.1. The van der Waals surface area contributed by atoms with Crippen LogP contribution in [0, 0.1) is 5.82 Å². The van der Waals surface area contributed by atoms with Gasteiger partial charge in [0.25, 0.3) is 11.8 Å². The summed E-state index contributed by atoms with van der Waals surface area (Å²) in [7, 11) is 1.49. The van der Waals surface area contributed by atoms with E-state index in [0.717, 1.165) is 24.0 Å². The van der Waals surface area contributed by atoms with Crippen LogP contribution in [-0.4, -0.2) is 47.3 Å². The molecule has 5 rings (SSSR count). The van der Waals surface area contributed by atoms with Gasteiger partial charge in [0.15, 0.2) is 0 Å². The number of rotatable bonds is 9. The van der Waals surface area contributed by atoms with Gasteiger partial charge in [-0.25, -0.2) is 9.18 Å². The molecule has 190 valence electrons. The summed E-state index contributed by atoms with van der Waals surface area (Å²) in [5.74, 6) is 0.691. The van der Waals surface area contributed by atoms with E-state index in [0.29, 0.717) is 22.8 Å². The highest BCUT2D eigenvalue weighted by Gasteiger charge is 2.44. The molecule has 1 aliphatic carbocycles. The first-order chi connectivity index (χ1) is 17.9. The largest absolute Gasteiger partial charge is 0.496 e. The summed E-state index contributed by atoms with van der Waals surface area (Å²) in [5, 5.41) is 2.89. The summed E-state index contributed by atoms with van der Waals surface area (Å²) in [6.07, 6.45) is 1.73. The quantitative estimate of drug-likeness (QED) is 0.435. The molecule has 3 aromatic rings. The summed E-state index contributed by atoms with van der Waals surface area (Å²) in [5.41, 5.74) is 1.93. The van der Waals surface area contributed by atoms with Gasteiger partial charge in [-0.05, 0) is 72.5 Å². The Morgan fingerprint density at radius 3 is 2.27 bits per heavy atom. The number of hydrogen-bond donors (Lipinski definition) is 1. The number of methoxy groups -OCH3 is 1. The van der Waals surface area contributed by atoms with Gasteiger partial charge in [0.1, 0.15) is 29.6 Å². The highest BCUT2D eigenvalue weighted by molar-refractivity contribution is 6.02. The van der Waals surface area contributed by atoms with Gasteiger partial charge in [0.2, 0.25) is 0 Å². The van der Waals surface area contributed by atoms with Gasteiger partial charge in [0.05, 0.1) is 12.7 Å². The standard InChI is InChI=1S/C28H26FN3O5/c1-36-25-13-4-19(16-31-17-26(33)32(28(31)35)21-7-8-21)14-24(25)27(34)30-15-18-2-9-22(10-3-18)37-23-11-5-20(29)6-12-23/h2-6,9-14,21H,7-8,15-17H2,1H3,(H,30,34). The fraction of sp³-hybridized carbons (Fsp3) is 0.250. The van der Waals surface area contributed by atoms with Crippen molar-refractivity contribution in [2.45, 2.75) is 32.0 Å². The highest BCUT2D eigenvalue weighted by Crippen LogP contribution is 2.31. The van der Waals surface area contributed by atoms with E-state index in [4.69, 9.17) is 9.47 Å². The van der Waals surface area contributed by atoms with Crippen molar-refractivity contribution in [2.24, 2.45) is 0 Å². The van der Waals surface area contributed by atoms with Crippen LogP contribution < -0.4 is 14.8 Å². The number of ether oxygens (including phenoxy) is 2. The molecule has 2 fully saturated rings. The van der Waals surface area contributed by atoms with E-state index < -0.39 is 0 Å². The fourth-order valence-corrected chi connectivity index (χ4v) is 4.23. The molecule has 0 spiro atoms. The molecule has 0 atom stereocenters. The molecule has 9 heteroatoms. The maximum atomic E-state index is 13.1. The van der Waals surface area contributed by atoms with Gasteiger partial charge in [-0.2, -0.15) is 0 Å². The number of carbonyl (C=O) groups excluding carboxylic acids is 3. The van der Waals surface area contributed by atoms with Crippen LogP contribution in [0.15, 0.2) is 66.7 Å². The molecule has 1 aliphatic heterocycles. The summed E-state index contributed by atoms with van der Waals surface area (Å²) in [4.78, 5) is 40.7. The van der Waals surface area contributed by atoms with E-state index in [1.54, 1.807) is 42.5 Å². The van der Waals surface area contributed by atoms with Crippen LogP contribution in [0.25, 0.3) is 0 Å². The van der Waals surface area contributed by atoms with Crippen molar-refractivity contribution in [3.8, 4) is 17.2 Å². The van der Waals surface area contributed by atoms with Crippen molar-refractivity contribution < 1.29 is 28.2 Å².